The lowest BCUT2D eigenvalue weighted by atomic mass is 10.2. The Kier molecular flexibility index (Phi) is 5.68. The average molecular weight is 398 g/mol. The number of rotatable bonds is 5. The molecule has 0 bridgehead atoms. The molecule has 0 aromatic heterocycles. The van der Waals surface area contributed by atoms with E-state index in [4.69, 9.17) is 4.74 Å². The summed E-state index contributed by atoms with van der Waals surface area (Å²) in [5.74, 6) is -0.316. The number of benzene rings is 2. The van der Waals surface area contributed by atoms with Crippen molar-refractivity contribution in [2.45, 2.75) is 0 Å². The van der Waals surface area contributed by atoms with Crippen LogP contribution in [-0.2, 0) is 4.79 Å². The van der Waals surface area contributed by atoms with E-state index in [-0.39, 0.29) is 18.3 Å². The molecule has 0 aliphatic carbocycles. The quantitative estimate of drug-likeness (QED) is 0.479. The fraction of sp³-hybridized carbons (Fsp3) is 0.0667. The van der Waals surface area contributed by atoms with Gasteiger partial charge in [0, 0.05) is 3.57 Å². The van der Waals surface area contributed by atoms with Crippen molar-refractivity contribution in [2.75, 3.05) is 6.61 Å². The topological polar surface area (TPSA) is 50.7 Å². The van der Waals surface area contributed by atoms with E-state index in [1.54, 1.807) is 6.21 Å². The predicted octanol–water partition coefficient (Wildman–Crippen LogP) is 2.96. The molecule has 2 aromatic rings. The number of carbonyl (C=O) groups excluding carboxylic acids is 1. The summed E-state index contributed by atoms with van der Waals surface area (Å²) < 4.78 is 19.0. The van der Waals surface area contributed by atoms with Crippen LogP contribution in [0.5, 0.6) is 5.75 Å². The molecule has 0 fully saturated rings. The molecule has 6 heteroatoms. The Hall–Kier alpha value is -1.96. The number of nitrogens with zero attached hydrogens (tertiary/aromatic N) is 1. The lowest BCUT2D eigenvalue weighted by molar-refractivity contribution is -0.123. The predicted molar refractivity (Wildman–Crippen MR) is 86.8 cm³/mol. The molecule has 0 unspecified atom stereocenters. The van der Waals surface area contributed by atoms with Gasteiger partial charge in [-0.15, -0.1) is 0 Å². The maximum atomic E-state index is 12.7. The van der Waals surface area contributed by atoms with Crippen LogP contribution < -0.4 is 10.2 Å². The fourth-order valence-corrected chi connectivity index (χ4v) is 2.04. The van der Waals surface area contributed by atoms with Gasteiger partial charge in [0.2, 0.25) is 0 Å². The summed E-state index contributed by atoms with van der Waals surface area (Å²) >= 11 is 2.20. The highest BCUT2D eigenvalue weighted by Crippen LogP contribution is 2.10. The number of hydrogen-bond acceptors (Lipinski definition) is 3. The molecular weight excluding hydrogens is 386 g/mol. The molecule has 108 valence electrons. The molecule has 1 N–H and O–H groups in total. The lowest BCUT2D eigenvalue weighted by Crippen LogP contribution is -2.24. The molecule has 21 heavy (non-hydrogen) atoms. The molecule has 0 spiro atoms. The number of hydrazone groups is 1. The third-order valence-electron chi connectivity index (χ3n) is 2.44. The SMILES string of the molecule is O=C(COc1ccc(F)cc1)N/N=C\c1cccc(I)c1. The molecule has 0 aliphatic rings. The van der Waals surface area contributed by atoms with Crippen LogP contribution in [0, 0.1) is 9.39 Å². The van der Waals surface area contributed by atoms with Gasteiger partial charge in [-0.3, -0.25) is 4.79 Å². The number of nitrogens with one attached hydrogen (secondary N) is 1. The first-order valence-electron chi connectivity index (χ1n) is 6.09. The van der Waals surface area contributed by atoms with Crippen molar-refractivity contribution in [3.63, 3.8) is 0 Å². The maximum Gasteiger partial charge on any atom is 0.277 e. The van der Waals surface area contributed by atoms with Crippen molar-refractivity contribution in [3.05, 3.63) is 63.5 Å². The minimum atomic E-state index is -0.388. The minimum Gasteiger partial charge on any atom is -0.484 e. The smallest absolute Gasteiger partial charge is 0.277 e. The standard InChI is InChI=1S/C15H12FIN2O2/c16-12-4-6-14(7-5-12)21-10-15(20)19-18-9-11-2-1-3-13(17)8-11/h1-9H,10H2,(H,19,20)/b18-9-. The average Bonchev–Trinajstić information content (AvgIpc) is 2.47. The van der Waals surface area contributed by atoms with E-state index in [2.05, 4.69) is 33.1 Å². The van der Waals surface area contributed by atoms with Crippen molar-refractivity contribution in [2.24, 2.45) is 5.10 Å². The largest absolute Gasteiger partial charge is 0.484 e. The molecular formula is C15H12FIN2O2. The van der Waals surface area contributed by atoms with E-state index in [9.17, 15) is 9.18 Å². The fourth-order valence-electron chi connectivity index (χ4n) is 1.48. The minimum absolute atomic E-state index is 0.185. The summed E-state index contributed by atoms with van der Waals surface area (Å²) in [5, 5.41) is 3.84. The molecule has 4 nitrogen and oxygen atoms in total. The highest BCUT2D eigenvalue weighted by atomic mass is 127. The molecule has 0 aliphatic heterocycles. The van der Waals surface area contributed by atoms with E-state index in [0.717, 1.165) is 9.13 Å². The Labute approximate surface area is 135 Å². The van der Waals surface area contributed by atoms with E-state index in [1.165, 1.54) is 24.3 Å². The summed E-state index contributed by atoms with van der Waals surface area (Å²) in [7, 11) is 0. The number of halogens is 2. The Morgan fingerprint density at radius 2 is 2.05 bits per heavy atom. The van der Waals surface area contributed by atoms with Crippen molar-refractivity contribution < 1.29 is 13.9 Å². The first-order chi connectivity index (χ1) is 10.1. The van der Waals surface area contributed by atoms with Gasteiger partial charge in [0.05, 0.1) is 6.21 Å². The second-order valence-electron chi connectivity index (χ2n) is 4.09. The third-order valence-corrected chi connectivity index (χ3v) is 3.11. The molecule has 0 atom stereocenters. The van der Waals surface area contributed by atoms with Crippen LogP contribution in [0.2, 0.25) is 0 Å². The normalized spacial score (nSPS) is 10.6. The molecule has 0 saturated carbocycles. The zero-order valence-corrected chi connectivity index (χ0v) is 13.1. The summed E-state index contributed by atoms with van der Waals surface area (Å²) in [5.41, 5.74) is 3.25. The van der Waals surface area contributed by atoms with Crippen LogP contribution in [0.25, 0.3) is 0 Å². The number of hydrogen-bond donors (Lipinski definition) is 1. The van der Waals surface area contributed by atoms with Crippen molar-refractivity contribution in [1.29, 1.82) is 0 Å². The summed E-state index contributed by atoms with van der Waals surface area (Å²) in [6.07, 6.45) is 1.55. The van der Waals surface area contributed by atoms with Crippen molar-refractivity contribution >= 4 is 34.7 Å². The van der Waals surface area contributed by atoms with Gasteiger partial charge >= 0.3 is 0 Å². The van der Waals surface area contributed by atoms with Gasteiger partial charge < -0.3 is 4.74 Å². The zero-order valence-electron chi connectivity index (χ0n) is 10.9. The van der Waals surface area contributed by atoms with Gasteiger partial charge in [0.1, 0.15) is 11.6 Å². The monoisotopic (exact) mass is 398 g/mol. The number of ether oxygens (including phenoxy) is 1. The molecule has 1 amide bonds. The van der Waals surface area contributed by atoms with E-state index < -0.39 is 0 Å². The number of amides is 1. The second kappa shape index (κ2) is 7.72. The van der Waals surface area contributed by atoms with Crippen LogP contribution >= 0.6 is 22.6 Å². The van der Waals surface area contributed by atoms with Crippen LogP contribution in [0.15, 0.2) is 53.6 Å². The third kappa shape index (κ3) is 5.50. The Balaban J connectivity index is 1.78. The van der Waals surface area contributed by atoms with E-state index in [0.29, 0.717) is 5.75 Å². The Bertz CT molecular complexity index is 644. The van der Waals surface area contributed by atoms with Gasteiger partial charge in [-0.05, 0) is 64.6 Å². The highest BCUT2D eigenvalue weighted by Gasteiger charge is 2.01. The molecule has 0 heterocycles. The van der Waals surface area contributed by atoms with Crippen LogP contribution in [-0.4, -0.2) is 18.7 Å². The Morgan fingerprint density at radius 1 is 1.29 bits per heavy atom. The highest BCUT2D eigenvalue weighted by molar-refractivity contribution is 14.1. The second-order valence-corrected chi connectivity index (χ2v) is 5.34. The van der Waals surface area contributed by atoms with E-state index in [1.807, 2.05) is 24.3 Å². The first kappa shape index (κ1) is 15.4. The Morgan fingerprint density at radius 3 is 2.76 bits per heavy atom. The van der Waals surface area contributed by atoms with Gasteiger partial charge in [0.25, 0.3) is 5.91 Å². The van der Waals surface area contributed by atoms with Crippen molar-refractivity contribution in [1.82, 2.24) is 5.43 Å². The molecule has 2 aromatic carbocycles. The summed E-state index contributed by atoms with van der Waals surface area (Å²) in [6.45, 7) is -0.185. The van der Waals surface area contributed by atoms with Gasteiger partial charge in [0.15, 0.2) is 6.61 Å². The van der Waals surface area contributed by atoms with Gasteiger partial charge in [-0.1, -0.05) is 12.1 Å². The molecule has 0 radical (unpaired) electrons. The summed E-state index contributed by atoms with van der Waals surface area (Å²) in [4.78, 5) is 11.5. The summed E-state index contributed by atoms with van der Waals surface area (Å²) in [6, 6.07) is 13.1. The lowest BCUT2D eigenvalue weighted by Gasteiger charge is -2.04. The van der Waals surface area contributed by atoms with Gasteiger partial charge in [-0.25, -0.2) is 9.82 Å². The maximum absolute atomic E-state index is 12.7. The number of carbonyl (C=O) groups is 1. The molecule has 0 saturated heterocycles. The van der Waals surface area contributed by atoms with Crippen LogP contribution in [0.1, 0.15) is 5.56 Å². The molecule has 2 rings (SSSR count). The van der Waals surface area contributed by atoms with Crippen LogP contribution in [0.4, 0.5) is 4.39 Å². The first-order valence-corrected chi connectivity index (χ1v) is 7.17. The van der Waals surface area contributed by atoms with E-state index >= 15 is 0 Å². The zero-order chi connectivity index (χ0) is 15.1. The van der Waals surface area contributed by atoms with Crippen LogP contribution in [0.3, 0.4) is 0 Å². The van der Waals surface area contributed by atoms with Crippen molar-refractivity contribution in [3.8, 4) is 5.75 Å². The van der Waals surface area contributed by atoms with Gasteiger partial charge in [-0.2, -0.15) is 5.10 Å².